The van der Waals surface area contributed by atoms with Gasteiger partial charge >= 0.3 is 5.97 Å². The molecule has 0 aromatic heterocycles. The molecule has 11 heavy (non-hydrogen) atoms. The van der Waals surface area contributed by atoms with Crippen molar-refractivity contribution < 1.29 is 9.90 Å². The standard InChI is InChI=1S/C9H12O2/c10-9(11)5-7-4-6-2-1-3-8(6)7/h5-6,8H,1-4H2,(H,10,11)/t6?,8-/m1/s1. The molecule has 2 aliphatic rings. The van der Waals surface area contributed by atoms with E-state index in [0.29, 0.717) is 5.92 Å². The summed E-state index contributed by atoms with van der Waals surface area (Å²) in [5, 5.41) is 8.49. The first-order valence-corrected chi connectivity index (χ1v) is 4.21. The van der Waals surface area contributed by atoms with Crippen molar-refractivity contribution in [3.05, 3.63) is 11.6 Å². The van der Waals surface area contributed by atoms with Crippen LogP contribution >= 0.6 is 0 Å². The molecule has 0 amide bonds. The van der Waals surface area contributed by atoms with Gasteiger partial charge in [-0.15, -0.1) is 0 Å². The Labute approximate surface area is 65.9 Å². The molecule has 2 aliphatic carbocycles. The number of carboxylic acids is 1. The van der Waals surface area contributed by atoms with E-state index in [2.05, 4.69) is 0 Å². The Kier molecular flexibility index (Phi) is 1.48. The Hall–Kier alpha value is -0.790. The van der Waals surface area contributed by atoms with Gasteiger partial charge in [0.25, 0.3) is 0 Å². The number of aliphatic carboxylic acids is 1. The number of hydrogen-bond acceptors (Lipinski definition) is 1. The largest absolute Gasteiger partial charge is 0.478 e. The van der Waals surface area contributed by atoms with Crippen LogP contribution < -0.4 is 0 Å². The van der Waals surface area contributed by atoms with E-state index in [1.807, 2.05) is 0 Å². The van der Waals surface area contributed by atoms with Gasteiger partial charge in [0.15, 0.2) is 0 Å². The Morgan fingerprint density at radius 3 is 3.00 bits per heavy atom. The van der Waals surface area contributed by atoms with Crippen molar-refractivity contribution in [2.75, 3.05) is 0 Å². The first-order chi connectivity index (χ1) is 5.27. The Balaban J connectivity index is 2.05. The number of allylic oxidation sites excluding steroid dienone is 1. The molecule has 0 spiro atoms. The molecule has 2 heteroatoms. The molecule has 2 rings (SSSR count). The van der Waals surface area contributed by atoms with Gasteiger partial charge in [0.1, 0.15) is 0 Å². The van der Waals surface area contributed by atoms with Gasteiger partial charge in [0.2, 0.25) is 0 Å². The molecule has 2 saturated carbocycles. The van der Waals surface area contributed by atoms with Crippen LogP contribution in [0.15, 0.2) is 11.6 Å². The van der Waals surface area contributed by atoms with Crippen LogP contribution in [-0.4, -0.2) is 11.1 Å². The van der Waals surface area contributed by atoms with Gasteiger partial charge < -0.3 is 5.11 Å². The van der Waals surface area contributed by atoms with E-state index in [1.165, 1.54) is 30.9 Å². The van der Waals surface area contributed by atoms with Crippen molar-refractivity contribution in [1.82, 2.24) is 0 Å². The van der Waals surface area contributed by atoms with Gasteiger partial charge in [-0.3, -0.25) is 0 Å². The van der Waals surface area contributed by atoms with Gasteiger partial charge in [0, 0.05) is 6.08 Å². The highest BCUT2D eigenvalue weighted by molar-refractivity contribution is 5.81. The lowest BCUT2D eigenvalue weighted by Gasteiger charge is -2.33. The van der Waals surface area contributed by atoms with Crippen LogP contribution in [0.4, 0.5) is 0 Å². The maximum Gasteiger partial charge on any atom is 0.328 e. The molecule has 0 saturated heterocycles. The third-order valence-corrected chi connectivity index (χ3v) is 2.94. The van der Waals surface area contributed by atoms with Crippen molar-refractivity contribution in [2.24, 2.45) is 11.8 Å². The Bertz CT molecular complexity index is 218. The van der Waals surface area contributed by atoms with E-state index >= 15 is 0 Å². The van der Waals surface area contributed by atoms with E-state index in [9.17, 15) is 4.79 Å². The van der Waals surface area contributed by atoms with Crippen LogP contribution in [0.5, 0.6) is 0 Å². The summed E-state index contributed by atoms with van der Waals surface area (Å²) in [6.07, 6.45) is 6.31. The molecule has 1 unspecified atom stereocenters. The lowest BCUT2D eigenvalue weighted by Crippen LogP contribution is -2.24. The van der Waals surface area contributed by atoms with Crippen molar-refractivity contribution >= 4 is 5.97 Å². The first kappa shape index (κ1) is 6.89. The smallest absolute Gasteiger partial charge is 0.328 e. The zero-order valence-electron chi connectivity index (χ0n) is 6.42. The predicted molar refractivity (Wildman–Crippen MR) is 41.2 cm³/mol. The normalized spacial score (nSPS) is 38.4. The van der Waals surface area contributed by atoms with Crippen molar-refractivity contribution in [3.63, 3.8) is 0 Å². The fourth-order valence-corrected chi connectivity index (χ4v) is 2.39. The number of carbonyl (C=O) groups is 1. The quantitative estimate of drug-likeness (QED) is 0.582. The zero-order chi connectivity index (χ0) is 7.84. The van der Waals surface area contributed by atoms with Gasteiger partial charge in [-0.1, -0.05) is 12.0 Å². The highest BCUT2D eigenvalue weighted by Crippen LogP contribution is 2.50. The van der Waals surface area contributed by atoms with E-state index in [1.54, 1.807) is 0 Å². The molecule has 60 valence electrons. The summed E-state index contributed by atoms with van der Waals surface area (Å²) in [6, 6.07) is 0. The molecule has 2 nitrogen and oxygen atoms in total. The minimum atomic E-state index is -0.773. The van der Waals surface area contributed by atoms with Crippen molar-refractivity contribution in [3.8, 4) is 0 Å². The van der Waals surface area contributed by atoms with Gasteiger partial charge in [0.05, 0.1) is 0 Å². The highest BCUT2D eigenvalue weighted by atomic mass is 16.4. The second-order valence-electron chi connectivity index (χ2n) is 3.56. The molecule has 0 aromatic carbocycles. The maximum atomic E-state index is 10.3. The second-order valence-corrected chi connectivity index (χ2v) is 3.56. The summed E-state index contributed by atoms with van der Waals surface area (Å²) >= 11 is 0. The number of fused-ring (bicyclic) bond motifs is 1. The molecular weight excluding hydrogens is 140 g/mol. The summed E-state index contributed by atoms with van der Waals surface area (Å²) in [7, 11) is 0. The molecule has 0 heterocycles. The minimum absolute atomic E-state index is 0.645. The van der Waals surface area contributed by atoms with Crippen LogP contribution in [0.1, 0.15) is 25.7 Å². The third kappa shape index (κ3) is 1.06. The number of carboxylic acid groups (broad SMARTS) is 1. The van der Waals surface area contributed by atoms with Crippen LogP contribution in [-0.2, 0) is 4.79 Å². The zero-order valence-corrected chi connectivity index (χ0v) is 6.42. The number of rotatable bonds is 1. The second kappa shape index (κ2) is 2.36. The highest BCUT2D eigenvalue weighted by Gasteiger charge is 2.39. The lowest BCUT2D eigenvalue weighted by molar-refractivity contribution is -0.131. The fourth-order valence-electron chi connectivity index (χ4n) is 2.39. The van der Waals surface area contributed by atoms with Crippen LogP contribution in [0, 0.1) is 11.8 Å². The molecule has 0 aliphatic heterocycles. The van der Waals surface area contributed by atoms with Crippen LogP contribution in [0.25, 0.3) is 0 Å². The van der Waals surface area contributed by atoms with Crippen molar-refractivity contribution in [2.45, 2.75) is 25.7 Å². The average molecular weight is 152 g/mol. The molecular formula is C9H12O2. The van der Waals surface area contributed by atoms with Gasteiger partial charge in [-0.05, 0) is 31.1 Å². The molecule has 0 radical (unpaired) electrons. The summed E-state index contributed by atoms with van der Waals surface area (Å²) in [5.41, 5.74) is 1.18. The fraction of sp³-hybridized carbons (Fsp3) is 0.667. The van der Waals surface area contributed by atoms with E-state index in [0.717, 1.165) is 12.3 Å². The minimum Gasteiger partial charge on any atom is -0.478 e. The summed E-state index contributed by atoms with van der Waals surface area (Å²) in [6.45, 7) is 0. The van der Waals surface area contributed by atoms with Gasteiger partial charge in [-0.25, -0.2) is 4.79 Å². The predicted octanol–water partition coefficient (Wildman–Crippen LogP) is 1.82. The maximum absolute atomic E-state index is 10.3. The summed E-state index contributed by atoms with van der Waals surface area (Å²) < 4.78 is 0. The molecule has 2 atom stereocenters. The van der Waals surface area contributed by atoms with Gasteiger partial charge in [-0.2, -0.15) is 0 Å². The van der Waals surface area contributed by atoms with Crippen molar-refractivity contribution in [1.29, 1.82) is 0 Å². The SMILES string of the molecule is O=C(O)C=C1CC2CCC[C@@H]12. The third-order valence-electron chi connectivity index (χ3n) is 2.94. The average Bonchev–Trinajstić information content (AvgIpc) is 2.26. The molecule has 0 bridgehead atoms. The van der Waals surface area contributed by atoms with Crippen LogP contribution in [0.3, 0.4) is 0 Å². The lowest BCUT2D eigenvalue weighted by atomic mass is 9.71. The van der Waals surface area contributed by atoms with E-state index < -0.39 is 5.97 Å². The van der Waals surface area contributed by atoms with E-state index in [-0.39, 0.29) is 0 Å². The molecule has 0 aromatic rings. The summed E-state index contributed by atoms with van der Waals surface area (Å²) in [4.78, 5) is 10.3. The number of hydrogen-bond donors (Lipinski definition) is 1. The Morgan fingerprint density at radius 2 is 2.36 bits per heavy atom. The topological polar surface area (TPSA) is 37.3 Å². The van der Waals surface area contributed by atoms with E-state index in [4.69, 9.17) is 5.11 Å². The summed E-state index contributed by atoms with van der Waals surface area (Å²) in [5.74, 6) is 0.706. The molecule has 2 fully saturated rings. The Morgan fingerprint density at radius 1 is 1.55 bits per heavy atom. The van der Waals surface area contributed by atoms with Crippen LogP contribution in [0.2, 0.25) is 0 Å². The monoisotopic (exact) mass is 152 g/mol. The first-order valence-electron chi connectivity index (χ1n) is 4.21. The molecule has 1 N–H and O–H groups in total.